The number of aliphatic carboxylic acids is 1. The van der Waals surface area contributed by atoms with Gasteiger partial charge in [0.2, 0.25) is 5.91 Å². The fraction of sp³-hybridized carbons (Fsp3) is 0.467. The standard InChI is InChI=1S/C15H20N2O4/c1-2-16-14(18)12-10-21-9-8-17(12)13(15(19)20)11-6-4-3-5-7-11/h3-7,12-13H,2,8-10H2,1H3,(H,16,18)(H,19,20). The maximum absolute atomic E-state index is 12.1. The van der Waals surface area contributed by atoms with E-state index in [0.29, 0.717) is 25.3 Å². The Labute approximate surface area is 123 Å². The number of carbonyl (C=O) groups excluding carboxylic acids is 1. The van der Waals surface area contributed by atoms with Crippen molar-refractivity contribution in [2.75, 3.05) is 26.3 Å². The van der Waals surface area contributed by atoms with Gasteiger partial charge in [-0.1, -0.05) is 30.3 Å². The largest absolute Gasteiger partial charge is 0.480 e. The molecule has 1 heterocycles. The number of benzene rings is 1. The van der Waals surface area contributed by atoms with E-state index in [4.69, 9.17) is 4.74 Å². The summed E-state index contributed by atoms with van der Waals surface area (Å²) in [5, 5.41) is 12.3. The Balaban J connectivity index is 2.28. The molecule has 2 unspecified atom stereocenters. The van der Waals surface area contributed by atoms with E-state index in [9.17, 15) is 14.7 Å². The van der Waals surface area contributed by atoms with Crippen LogP contribution in [-0.4, -0.2) is 54.2 Å². The molecule has 0 saturated carbocycles. The van der Waals surface area contributed by atoms with Gasteiger partial charge in [-0.05, 0) is 12.5 Å². The van der Waals surface area contributed by atoms with Crippen molar-refractivity contribution in [3.8, 4) is 0 Å². The predicted molar refractivity (Wildman–Crippen MR) is 76.8 cm³/mol. The number of nitrogens with zero attached hydrogens (tertiary/aromatic N) is 1. The molecule has 0 radical (unpaired) electrons. The van der Waals surface area contributed by atoms with Crippen LogP contribution >= 0.6 is 0 Å². The highest BCUT2D eigenvalue weighted by Crippen LogP contribution is 2.25. The molecule has 114 valence electrons. The molecular weight excluding hydrogens is 272 g/mol. The quantitative estimate of drug-likeness (QED) is 0.833. The van der Waals surface area contributed by atoms with E-state index in [1.165, 1.54) is 0 Å². The summed E-state index contributed by atoms with van der Waals surface area (Å²) in [6.07, 6.45) is 0. The van der Waals surface area contributed by atoms with E-state index in [1.807, 2.05) is 13.0 Å². The van der Waals surface area contributed by atoms with Gasteiger partial charge < -0.3 is 15.2 Å². The first-order valence-electron chi connectivity index (χ1n) is 7.04. The normalized spacial score (nSPS) is 20.7. The highest BCUT2D eigenvalue weighted by Gasteiger charge is 2.38. The molecule has 0 aliphatic carbocycles. The van der Waals surface area contributed by atoms with Gasteiger partial charge in [0.1, 0.15) is 12.1 Å². The zero-order valence-corrected chi connectivity index (χ0v) is 12.0. The third-order valence-corrected chi connectivity index (χ3v) is 3.50. The molecule has 1 saturated heterocycles. The fourth-order valence-electron chi connectivity index (χ4n) is 2.56. The zero-order valence-electron chi connectivity index (χ0n) is 12.0. The fourth-order valence-corrected chi connectivity index (χ4v) is 2.56. The van der Waals surface area contributed by atoms with Crippen LogP contribution in [0.3, 0.4) is 0 Å². The number of hydrogen-bond donors (Lipinski definition) is 2. The molecule has 1 aliphatic rings. The van der Waals surface area contributed by atoms with Crippen LogP contribution in [0.1, 0.15) is 18.5 Å². The summed E-state index contributed by atoms with van der Waals surface area (Å²) < 4.78 is 5.35. The maximum atomic E-state index is 12.1. The average Bonchev–Trinajstić information content (AvgIpc) is 2.49. The maximum Gasteiger partial charge on any atom is 0.325 e. The number of carboxylic acids is 1. The molecule has 1 fully saturated rings. The molecule has 0 aromatic heterocycles. The minimum absolute atomic E-state index is 0.195. The Bertz CT molecular complexity index is 492. The van der Waals surface area contributed by atoms with Crippen LogP contribution in [0.2, 0.25) is 0 Å². The molecule has 1 aromatic carbocycles. The Morgan fingerprint density at radius 1 is 1.43 bits per heavy atom. The monoisotopic (exact) mass is 292 g/mol. The summed E-state index contributed by atoms with van der Waals surface area (Å²) in [5.41, 5.74) is 0.668. The van der Waals surface area contributed by atoms with Crippen molar-refractivity contribution in [2.24, 2.45) is 0 Å². The second-order valence-corrected chi connectivity index (χ2v) is 4.87. The minimum atomic E-state index is -0.961. The predicted octanol–water partition coefficient (Wildman–Crippen LogP) is 0.649. The Morgan fingerprint density at radius 2 is 2.14 bits per heavy atom. The highest BCUT2D eigenvalue weighted by atomic mass is 16.5. The number of ether oxygens (including phenoxy) is 1. The van der Waals surface area contributed by atoms with Gasteiger partial charge in [0, 0.05) is 13.1 Å². The van der Waals surface area contributed by atoms with Crippen molar-refractivity contribution in [3.63, 3.8) is 0 Å². The first-order chi connectivity index (χ1) is 10.1. The molecule has 0 bridgehead atoms. The summed E-state index contributed by atoms with van der Waals surface area (Å²) in [6.45, 7) is 3.38. The van der Waals surface area contributed by atoms with Gasteiger partial charge >= 0.3 is 5.97 Å². The lowest BCUT2D eigenvalue weighted by Crippen LogP contribution is -2.56. The van der Waals surface area contributed by atoms with Crippen molar-refractivity contribution in [3.05, 3.63) is 35.9 Å². The molecular formula is C15H20N2O4. The SMILES string of the molecule is CCNC(=O)C1COCCN1C(C(=O)O)c1ccccc1. The molecule has 6 nitrogen and oxygen atoms in total. The van der Waals surface area contributed by atoms with Gasteiger partial charge in [-0.25, -0.2) is 0 Å². The van der Waals surface area contributed by atoms with Gasteiger partial charge in [0.15, 0.2) is 0 Å². The van der Waals surface area contributed by atoms with E-state index in [1.54, 1.807) is 29.2 Å². The van der Waals surface area contributed by atoms with Gasteiger partial charge in [-0.15, -0.1) is 0 Å². The van der Waals surface area contributed by atoms with Gasteiger partial charge in [0.25, 0.3) is 0 Å². The number of nitrogens with one attached hydrogen (secondary N) is 1. The van der Waals surface area contributed by atoms with Crippen molar-refractivity contribution in [2.45, 2.75) is 19.0 Å². The van der Waals surface area contributed by atoms with E-state index in [-0.39, 0.29) is 12.5 Å². The number of morpholine rings is 1. The van der Waals surface area contributed by atoms with Crippen molar-refractivity contribution < 1.29 is 19.4 Å². The first kappa shape index (κ1) is 15.5. The molecule has 21 heavy (non-hydrogen) atoms. The minimum Gasteiger partial charge on any atom is -0.480 e. The van der Waals surface area contributed by atoms with Gasteiger partial charge in [0.05, 0.1) is 13.2 Å². The second-order valence-electron chi connectivity index (χ2n) is 4.87. The third kappa shape index (κ3) is 3.59. The zero-order chi connectivity index (χ0) is 15.2. The van der Waals surface area contributed by atoms with Gasteiger partial charge in [-0.2, -0.15) is 0 Å². The van der Waals surface area contributed by atoms with Crippen LogP contribution in [0.4, 0.5) is 0 Å². The Kier molecular flexibility index (Phi) is 5.30. The van der Waals surface area contributed by atoms with E-state index in [0.717, 1.165) is 0 Å². The topological polar surface area (TPSA) is 78.9 Å². The summed E-state index contributed by atoms with van der Waals surface area (Å²) in [4.78, 5) is 25.6. The highest BCUT2D eigenvalue weighted by molar-refractivity contribution is 5.83. The molecule has 6 heteroatoms. The van der Waals surface area contributed by atoms with Gasteiger partial charge in [-0.3, -0.25) is 14.5 Å². The number of amides is 1. The lowest BCUT2D eigenvalue weighted by Gasteiger charge is -2.38. The second kappa shape index (κ2) is 7.19. The Morgan fingerprint density at radius 3 is 2.76 bits per heavy atom. The molecule has 1 aromatic rings. The lowest BCUT2D eigenvalue weighted by molar-refractivity contribution is -0.151. The number of likely N-dealkylation sites (N-methyl/N-ethyl adjacent to an activating group) is 1. The number of carbonyl (C=O) groups is 2. The third-order valence-electron chi connectivity index (χ3n) is 3.50. The molecule has 2 N–H and O–H groups in total. The number of rotatable bonds is 5. The van der Waals surface area contributed by atoms with E-state index >= 15 is 0 Å². The molecule has 1 aliphatic heterocycles. The summed E-state index contributed by atoms with van der Waals surface area (Å²) in [7, 11) is 0. The molecule has 2 atom stereocenters. The average molecular weight is 292 g/mol. The van der Waals surface area contributed by atoms with Crippen LogP contribution in [0.25, 0.3) is 0 Å². The summed E-state index contributed by atoms with van der Waals surface area (Å²) in [6, 6.07) is 7.54. The summed E-state index contributed by atoms with van der Waals surface area (Å²) >= 11 is 0. The molecule has 2 rings (SSSR count). The van der Waals surface area contributed by atoms with Crippen LogP contribution in [0.15, 0.2) is 30.3 Å². The Hall–Kier alpha value is -1.92. The van der Waals surface area contributed by atoms with Crippen LogP contribution in [0.5, 0.6) is 0 Å². The van der Waals surface area contributed by atoms with E-state index in [2.05, 4.69) is 5.32 Å². The van der Waals surface area contributed by atoms with Crippen molar-refractivity contribution >= 4 is 11.9 Å². The van der Waals surface area contributed by atoms with Crippen LogP contribution in [0, 0.1) is 0 Å². The van der Waals surface area contributed by atoms with E-state index < -0.39 is 18.1 Å². The number of hydrogen-bond acceptors (Lipinski definition) is 4. The number of carboxylic acid groups (broad SMARTS) is 1. The van der Waals surface area contributed by atoms with Crippen LogP contribution < -0.4 is 5.32 Å². The lowest BCUT2D eigenvalue weighted by atomic mass is 10.0. The van der Waals surface area contributed by atoms with Crippen LogP contribution in [-0.2, 0) is 14.3 Å². The molecule has 1 amide bonds. The summed E-state index contributed by atoms with van der Waals surface area (Å²) in [5.74, 6) is -1.16. The smallest absolute Gasteiger partial charge is 0.325 e. The van der Waals surface area contributed by atoms with Crippen molar-refractivity contribution in [1.29, 1.82) is 0 Å². The van der Waals surface area contributed by atoms with Crippen molar-refractivity contribution in [1.82, 2.24) is 10.2 Å². The first-order valence-corrected chi connectivity index (χ1v) is 7.04. The molecule has 0 spiro atoms.